The largest absolute Gasteiger partial charge is 0.419 e. The van der Waals surface area contributed by atoms with Gasteiger partial charge in [-0.2, -0.15) is 18.3 Å². The van der Waals surface area contributed by atoms with Crippen LogP contribution in [0.15, 0.2) is 41.5 Å². The van der Waals surface area contributed by atoms with E-state index >= 15 is 0 Å². The number of aryl methyl sites for hydroxylation is 1. The third-order valence-corrected chi connectivity index (χ3v) is 4.17. The van der Waals surface area contributed by atoms with Crippen LogP contribution in [-0.4, -0.2) is 16.0 Å². The number of anilines is 1. The Kier molecular flexibility index (Phi) is 3.76. The van der Waals surface area contributed by atoms with E-state index in [1.54, 1.807) is 18.2 Å². The Morgan fingerprint density at radius 3 is 2.56 bits per heavy atom. The average molecular weight is 378 g/mol. The van der Waals surface area contributed by atoms with E-state index < -0.39 is 28.9 Å². The number of amidine groups is 1. The van der Waals surface area contributed by atoms with E-state index in [2.05, 4.69) is 20.5 Å². The molecule has 2 N–H and O–H groups in total. The zero-order valence-electron chi connectivity index (χ0n) is 13.7. The summed E-state index contributed by atoms with van der Waals surface area (Å²) in [6.07, 6.45) is -3.53. The van der Waals surface area contributed by atoms with Crippen molar-refractivity contribution in [3.63, 3.8) is 0 Å². The lowest BCUT2D eigenvalue weighted by molar-refractivity contribution is -0.140. The SMILES string of the molecule is Cc1ccc2c(c1)-c1n[nH]cc1NC(c1c(F)ccc(C(F)(F)F)c1F)=N2. The first-order valence-corrected chi connectivity index (χ1v) is 7.82. The van der Waals surface area contributed by atoms with E-state index in [1.165, 1.54) is 6.20 Å². The highest BCUT2D eigenvalue weighted by molar-refractivity contribution is 6.13. The number of alkyl halides is 3. The lowest BCUT2D eigenvalue weighted by Crippen LogP contribution is -2.20. The topological polar surface area (TPSA) is 53.1 Å². The molecule has 1 aromatic heterocycles. The Balaban J connectivity index is 1.98. The fraction of sp³-hybridized carbons (Fsp3) is 0.111. The zero-order valence-corrected chi connectivity index (χ0v) is 13.7. The Bertz CT molecular complexity index is 1080. The zero-order chi connectivity index (χ0) is 19.3. The van der Waals surface area contributed by atoms with Gasteiger partial charge in [0.1, 0.15) is 23.2 Å². The summed E-state index contributed by atoms with van der Waals surface area (Å²) >= 11 is 0. The van der Waals surface area contributed by atoms with E-state index in [4.69, 9.17) is 0 Å². The fourth-order valence-corrected chi connectivity index (χ4v) is 2.91. The standard InChI is InChI=1S/C18H11F5N4/c1-8-2-5-12-9(6-8)16-13(7-24-27-16)26-17(25-12)14-11(19)4-3-10(15(14)20)18(21,22)23/h2-7H,1H3,(H,24,27)(H,25,26). The Morgan fingerprint density at radius 2 is 1.81 bits per heavy atom. The second kappa shape index (κ2) is 5.90. The molecule has 0 aliphatic carbocycles. The monoisotopic (exact) mass is 378 g/mol. The third kappa shape index (κ3) is 2.84. The first-order valence-electron chi connectivity index (χ1n) is 7.82. The molecule has 138 valence electrons. The van der Waals surface area contributed by atoms with Crippen LogP contribution in [0.2, 0.25) is 0 Å². The molecule has 27 heavy (non-hydrogen) atoms. The number of aromatic amines is 1. The maximum atomic E-state index is 14.6. The van der Waals surface area contributed by atoms with Crippen LogP contribution >= 0.6 is 0 Å². The van der Waals surface area contributed by atoms with Gasteiger partial charge in [0, 0.05) is 11.8 Å². The number of halogens is 5. The van der Waals surface area contributed by atoms with Crippen molar-refractivity contribution in [1.82, 2.24) is 10.2 Å². The molecule has 0 saturated carbocycles. The molecule has 1 aliphatic heterocycles. The molecule has 2 aromatic carbocycles. The number of fused-ring (bicyclic) bond motifs is 3. The summed E-state index contributed by atoms with van der Waals surface area (Å²) in [5, 5.41) is 9.42. The minimum atomic E-state index is -4.96. The van der Waals surface area contributed by atoms with Gasteiger partial charge in [0.15, 0.2) is 0 Å². The Morgan fingerprint density at radius 1 is 1.04 bits per heavy atom. The smallest absolute Gasteiger partial charge is 0.336 e. The minimum absolute atomic E-state index is 0.324. The van der Waals surface area contributed by atoms with Crippen LogP contribution in [0.4, 0.5) is 33.3 Å². The van der Waals surface area contributed by atoms with Crippen LogP contribution < -0.4 is 5.32 Å². The van der Waals surface area contributed by atoms with Gasteiger partial charge in [-0.25, -0.2) is 13.8 Å². The molecule has 0 fully saturated rings. The molecular formula is C18H11F5N4. The van der Waals surface area contributed by atoms with Gasteiger partial charge in [-0.3, -0.25) is 5.10 Å². The van der Waals surface area contributed by atoms with E-state index in [0.717, 1.165) is 5.56 Å². The summed E-state index contributed by atoms with van der Waals surface area (Å²) in [5.41, 5.74) is 0.147. The molecule has 1 aliphatic rings. The van der Waals surface area contributed by atoms with E-state index in [0.29, 0.717) is 34.8 Å². The van der Waals surface area contributed by atoms with Crippen molar-refractivity contribution in [2.45, 2.75) is 13.1 Å². The number of nitrogens with one attached hydrogen (secondary N) is 2. The number of nitrogens with zero attached hydrogens (tertiary/aromatic N) is 2. The van der Waals surface area contributed by atoms with E-state index in [-0.39, 0.29) is 5.84 Å². The Labute approximate surface area is 149 Å². The predicted octanol–water partition coefficient (Wildman–Crippen LogP) is 5.19. The highest BCUT2D eigenvalue weighted by Crippen LogP contribution is 2.39. The van der Waals surface area contributed by atoms with Crippen molar-refractivity contribution in [3.05, 3.63) is 64.9 Å². The molecule has 0 atom stereocenters. The Hall–Kier alpha value is -3.23. The quantitative estimate of drug-likeness (QED) is 0.573. The predicted molar refractivity (Wildman–Crippen MR) is 89.9 cm³/mol. The van der Waals surface area contributed by atoms with E-state index in [1.807, 2.05) is 6.92 Å². The summed E-state index contributed by atoms with van der Waals surface area (Å²) in [5.74, 6) is -3.26. The van der Waals surface area contributed by atoms with Gasteiger partial charge in [0.05, 0.1) is 22.5 Å². The second-order valence-corrected chi connectivity index (χ2v) is 6.04. The molecule has 0 bridgehead atoms. The maximum Gasteiger partial charge on any atom is 0.419 e. The first kappa shape index (κ1) is 17.2. The van der Waals surface area contributed by atoms with Gasteiger partial charge in [-0.05, 0) is 31.2 Å². The first-order chi connectivity index (χ1) is 12.8. The fourth-order valence-electron chi connectivity index (χ4n) is 2.91. The van der Waals surface area contributed by atoms with Crippen molar-refractivity contribution in [1.29, 1.82) is 0 Å². The van der Waals surface area contributed by atoms with Gasteiger partial charge in [-0.1, -0.05) is 11.6 Å². The molecular weight excluding hydrogens is 367 g/mol. The van der Waals surface area contributed by atoms with Crippen molar-refractivity contribution in [2.24, 2.45) is 4.99 Å². The average Bonchev–Trinajstić information content (AvgIpc) is 2.97. The third-order valence-electron chi connectivity index (χ3n) is 4.17. The molecule has 4 rings (SSSR count). The van der Waals surface area contributed by atoms with Gasteiger partial charge >= 0.3 is 6.18 Å². The van der Waals surface area contributed by atoms with Crippen LogP contribution in [0.25, 0.3) is 11.3 Å². The highest BCUT2D eigenvalue weighted by atomic mass is 19.4. The number of rotatable bonds is 1. The minimum Gasteiger partial charge on any atom is -0.336 e. The van der Waals surface area contributed by atoms with Crippen LogP contribution in [0.3, 0.4) is 0 Å². The van der Waals surface area contributed by atoms with Crippen molar-refractivity contribution in [2.75, 3.05) is 5.32 Å². The number of H-pyrrole nitrogens is 1. The lowest BCUT2D eigenvalue weighted by Gasteiger charge is -2.14. The molecule has 4 nitrogen and oxygen atoms in total. The number of aromatic nitrogens is 2. The molecule has 3 aromatic rings. The molecule has 0 spiro atoms. The van der Waals surface area contributed by atoms with Gasteiger partial charge in [0.2, 0.25) is 0 Å². The maximum absolute atomic E-state index is 14.6. The number of hydrogen-bond donors (Lipinski definition) is 2. The lowest BCUT2D eigenvalue weighted by atomic mass is 10.1. The van der Waals surface area contributed by atoms with Crippen molar-refractivity contribution in [3.8, 4) is 11.3 Å². The van der Waals surface area contributed by atoms with Crippen LogP contribution in [0, 0.1) is 18.6 Å². The molecule has 0 radical (unpaired) electrons. The summed E-state index contributed by atoms with van der Waals surface area (Å²) in [6, 6.07) is 6.06. The summed E-state index contributed by atoms with van der Waals surface area (Å²) in [4.78, 5) is 4.19. The molecule has 0 amide bonds. The summed E-state index contributed by atoms with van der Waals surface area (Å²) < 4.78 is 68.0. The summed E-state index contributed by atoms with van der Waals surface area (Å²) in [6.45, 7) is 1.85. The molecule has 0 saturated heterocycles. The van der Waals surface area contributed by atoms with Gasteiger partial charge in [0.25, 0.3) is 0 Å². The van der Waals surface area contributed by atoms with Crippen LogP contribution in [0.5, 0.6) is 0 Å². The van der Waals surface area contributed by atoms with Crippen molar-refractivity contribution >= 4 is 17.2 Å². The van der Waals surface area contributed by atoms with Gasteiger partial charge < -0.3 is 5.32 Å². The van der Waals surface area contributed by atoms with Crippen LogP contribution in [-0.2, 0) is 6.18 Å². The number of benzene rings is 2. The number of aliphatic imine (C=N–C) groups is 1. The molecule has 2 heterocycles. The van der Waals surface area contributed by atoms with Crippen LogP contribution in [0.1, 0.15) is 16.7 Å². The molecule has 9 heteroatoms. The van der Waals surface area contributed by atoms with Gasteiger partial charge in [-0.15, -0.1) is 0 Å². The van der Waals surface area contributed by atoms with Crippen molar-refractivity contribution < 1.29 is 22.0 Å². The summed E-state index contributed by atoms with van der Waals surface area (Å²) in [7, 11) is 0. The normalized spacial score (nSPS) is 13.3. The molecule has 0 unspecified atom stereocenters. The highest BCUT2D eigenvalue weighted by Gasteiger charge is 2.37. The number of hydrogen-bond acceptors (Lipinski definition) is 3. The van der Waals surface area contributed by atoms with E-state index in [9.17, 15) is 22.0 Å². The second-order valence-electron chi connectivity index (χ2n) is 6.04.